The lowest BCUT2D eigenvalue weighted by Crippen LogP contribution is -2.31. The molecule has 3 rings (SSSR count). The van der Waals surface area contributed by atoms with Gasteiger partial charge in [-0.1, -0.05) is 24.3 Å². The van der Waals surface area contributed by atoms with Gasteiger partial charge in [0.2, 0.25) is 10.0 Å². The lowest BCUT2D eigenvalue weighted by molar-refractivity contribution is 0.507. The van der Waals surface area contributed by atoms with E-state index in [1.54, 1.807) is 23.9 Å². The molecule has 0 unspecified atom stereocenters. The van der Waals surface area contributed by atoms with Crippen LogP contribution in [0.2, 0.25) is 0 Å². The summed E-state index contributed by atoms with van der Waals surface area (Å²) in [6, 6.07) is 15.0. The van der Waals surface area contributed by atoms with Crippen LogP contribution in [0.15, 0.2) is 58.3 Å². The lowest BCUT2D eigenvalue weighted by atomic mass is 9.88. The molecule has 0 fully saturated rings. The summed E-state index contributed by atoms with van der Waals surface area (Å²) in [5.74, 6) is 0. The topological polar surface area (TPSA) is 46.2 Å². The molecule has 1 atom stereocenters. The molecule has 1 N–H and O–H groups in total. The number of sulfonamides is 1. The average Bonchev–Trinajstić information content (AvgIpc) is 2.55. The van der Waals surface area contributed by atoms with E-state index in [1.165, 1.54) is 5.56 Å². The van der Waals surface area contributed by atoms with Gasteiger partial charge in [0, 0.05) is 10.9 Å². The summed E-state index contributed by atoms with van der Waals surface area (Å²) in [6.07, 6.45) is 4.85. The predicted molar refractivity (Wildman–Crippen MR) is 90.7 cm³/mol. The minimum absolute atomic E-state index is 0.129. The van der Waals surface area contributed by atoms with Crippen molar-refractivity contribution < 1.29 is 8.42 Å². The standard InChI is InChI=1S/C17H19NO2S2/c1-21-14-9-11-15(12-10-14)22(19,20)18-17-8-4-6-13-5-2-3-7-16(13)17/h2-3,5,7,9-12,17-18H,4,6,8H2,1H3/t17-/m1/s1. The number of hydrogen-bond acceptors (Lipinski definition) is 3. The second-order valence-electron chi connectivity index (χ2n) is 5.44. The Morgan fingerprint density at radius 3 is 2.55 bits per heavy atom. The summed E-state index contributed by atoms with van der Waals surface area (Å²) < 4.78 is 28.1. The summed E-state index contributed by atoms with van der Waals surface area (Å²) >= 11 is 1.60. The number of aryl methyl sites for hydroxylation is 1. The van der Waals surface area contributed by atoms with Crippen LogP contribution in [0.3, 0.4) is 0 Å². The molecule has 0 amide bonds. The third kappa shape index (κ3) is 3.21. The quantitative estimate of drug-likeness (QED) is 0.867. The second kappa shape index (κ2) is 6.44. The van der Waals surface area contributed by atoms with Gasteiger partial charge in [-0.15, -0.1) is 11.8 Å². The number of rotatable bonds is 4. The van der Waals surface area contributed by atoms with Gasteiger partial charge in [0.25, 0.3) is 0 Å². The number of thioether (sulfide) groups is 1. The Labute approximate surface area is 136 Å². The molecule has 2 aromatic carbocycles. The van der Waals surface area contributed by atoms with Crippen molar-refractivity contribution in [3.8, 4) is 0 Å². The van der Waals surface area contributed by atoms with E-state index >= 15 is 0 Å². The van der Waals surface area contributed by atoms with E-state index in [0.29, 0.717) is 4.90 Å². The van der Waals surface area contributed by atoms with Crippen molar-refractivity contribution in [3.63, 3.8) is 0 Å². The van der Waals surface area contributed by atoms with Crippen molar-refractivity contribution in [2.45, 2.75) is 35.1 Å². The predicted octanol–water partition coefficient (Wildman–Crippen LogP) is 3.76. The zero-order valence-electron chi connectivity index (χ0n) is 12.5. The highest BCUT2D eigenvalue weighted by atomic mass is 32.2. The molecule has 22 heavy (non-hydrogen) atoms. The normalized spacial score (nSPS) is 18.0. The first kappa shape index (κ1) is 15.6. The Balaban J connectivity index is 1.86. The molecule has 0 radical (unpaired) electrons. The van der Waals surface area contributed by atoms with E-state index in [-0.39, 0.29) is 6.04 Å². The smallest absolute Gasteiger partial charge is 0.207 e. The fraction of sp³-hybridized carbons (Fsp3) is 0.294. The van der Waals surface area contributed by atoms with Crippen LogP contribution in [0.1, 0.15) is 30.0 Å². The summed E-state index contributed by atoms with van der Waals surface area (Å²) in [4.78, 5) is 1.38. The van der Waals surface area contributed by atoms with E-state index in [2.05, 4.69) is 10.8 Å². The second-order valence-corrected chi connectivity index (χ2v) is 8.03. The largest absolute Gasteiger partial charge is 0.241 e. The van der Waals surface area contributed by atoms with Crippen LogP contribution in [-0.4, -0.2) is 14.7 Å². The van der Waals surface area contributed by atoms with Crippen LogP contribution in [0.4, 0.5) is 0 Å². The number of fused-ring (bicyclic) bond motifs is 1. The van der Waals surface area contributed by atoms with Gasteiger partial charge in [-0.05, 0) is 60.9 Å². The van der Waals surface area contributed by atoms with Crippen LogP contribution >= 0.6 is 11.8 Å². The van der Waals surface area contributed by atoms with Crippen LogP contribution in [0, 0.1) is 0 Å². The molecule has 0 saturated carbocycles. The number of hydrogen-bond donors (Lipinski definition) is 1. The van der Waals surface area contributed by atoms with Gasteiger partial charge < -0.3 is 0 Å². The van der Waals surface area contributed by atoms with E-state index in [9.17, 15) is 8.42 Å². The third-order valence-corrected chi connectivity index (χ3v) is 6.27. The first-order chi connectivity index (χ1) is 10.6. The highest BCUT2D eigenvalue weighted by Crippen LogP contribution is 2.31. The van der Waals surface area contributed by atoms with Crippen LogP contribution in [0.25, 0.3) is 0 Å². The van der Waals surface area contributed by atoms with Crippen LogP contribution in [0.5, 0.6) is 0 Å². The Morgan fingerprint density at radius 2 is 1.82 bits per heavy atom. The molecular formula is C17H19NO2S2. The summed E-state index contributed by atoms with van der Waals surface area (Å²) in [5, 5.41) is 0. The first-order valence-corrected chi connectivity index (χ1v) is 10.0. The molecule has 5 heteroatoms. The molecular weight excluding hydrogens is 314 g/mol. The van der Waals surface area contributed by atoms with Gasteiger partial charge in [-0.3, -0.25) is 0 Å². The zero-order chi connectivity index (χ0) is 15.6. The Morgan fingerprint density at radius 1 is 1.09 bits per heavy atom. The Hall–Kier alpha value is -1.30. The fourth-order valence-electron chi connectivity index (χ4n) is 2.89. The number of benzene rings is 2. The highest BCUT2D eigenvalue weighted by molar-refractivity contribution is 7.98. The molecule has 1 aliphatic rings. The molecule has 116 valence electrons. The monoisotopic (exact) mass is 333 g/mol. The van der Waals surface area contributed by atoms with Gasteiger partial charge in [0.1, 0.15) is 0 Å². The summed E-state index contributed by atoms with van der Waals surface area (Å²) in [6.45, 7) is 0. The van der Waals surface area contributed by atoms with Crippen molar-refractivity contribution in [1.82, 2.24) is 4.72 Å². The average molecular weight is 333 g/mol. The molecule has 0 spiro atoms. The van der Waals surface area contributed by atoms with E-state index in [1.807, 2.05) is 36.6 Å². The lowest BCUT2D eigenvalue weighted by Gasteiger charge is -2.26. The SMILES string of the molecule is CSc1ccc(S(=O)(=O)N[C@@H]2CCCc3ccccc32)cc1. The fourth-order valence-corrected chi connectivity index (χ4v) is 4.54. The van der Waals surface area contributed by atoms with Crippen molar-refractivity contribution >= 4 is 21.8 Å². The minimum atomic E-state index is -3.49. The highest BCUT2D eigenvalue weighted by Gasteiger charge is 2.25. The van der Waals surface area contributed by atoms with Gasteiger partial charge in [-0.25, -0.2) is 13.1 Å². The summed E-state index contributed by atoms with van der Waals surface area (Å²) in [5.41, 5.74) is 2.36. The van der Waals surface area contributed by atoms with Gasteiger partial charge >= 0.3 is 0 Å². The maximum Gasteiger partial charge on any atom is 0.241 e. The van der Waals surface area contributed by atoms with Gasteiger partial charge in [0.15, 0.2) is 0 Å². The van der Waals surface area contributed by atoms with Gasteiger partial charge in [0.05, 0.1) is 4.90 Å². The maximum absolute atomic E-state index is 12.6. The molecule has 0 aromatic heterocycles. The minimum Gasteiger partial charge on any atom is -0.207 e. The molecule has 3 nitrogen and oxygen atoms in total. The molecule has 0 heterocycles. The van der Waals surface area contributed by atoms with E-state index in [0.717, 1.165) is 29.7 Å². The number of nitrogens with one attached hydrogen (secondary N) is 1. The zero-order valence-corrected chi connectivity index (χ0v) is 14.1. The van der Waals surface area contributed by atoms with Crippen molar-refractivity contribution in [1.29, 1.82) is 0 Å². The van der Waals surface area contributed by atoms with Crippen molar-refractivity contribution in [2.75, 3.05) is 6.26 Å². The molecule has 0 bridgehead atoms. The van der Waals surface area contributed by atoms with Crippen LogP contribution < -0.4 is 4.72 Å². The van der Waals surface area contributed by atoms with E-state index in [4.69, 9.17) is 0 Å². The van der Waals surface area contributed by atoms with Crippen molar-refractivity contribution in [3.05, 3.63) is 59.7 Å². The van der Waals surface area contributed by atoms with Crippen LogP contribution in [-0.2, 0) is 16.4 Å². The van der Waals surface area contributed by atoms with E-state index < -0.39 is 10.0 Å². The third-order valence-electron chi connectivity index (χ3n) is 4.04. The molecule has 2 aromatic rings. The first-order valence-electron chi connectivity index (χ1n) is 7.34. The Bertz CT molecular complexity index is 754. The van der Waals surface area contributed by atoms with Gasteiger partial charge in [-0.2, -0.15) is 0 Å². The van der Waals surface area contributed by atoms with Crippen molar-refractivity contribution in [2.24, 2.45) is 0 Å². The maximum atomic E-state index is 12.6. The molecule has 1 aliphatic carbocycles. The summed E-state index contributed by atoms with van der Waals surface area (Å²) in [7, 11) is -3.49. The molecule has 0 saturated heterocycles. The molecule has 0 aliphatic heterocycles. The Kier molecular flexibility index (Phi) is 4.57.